The van der Waals surface area contributed by atoms with E-state index in [1.165, 1.54) is 0 Å². The Hall–Kier alpha value is -1.26. The summed E-state index contributed by atoms with van der Waals surface area (Å²) < 4.78 is 0. The zero-order valence-electron chi connectivity index (χ0n) is 11.7. The van der Waals surface area contributed by atoms with Crippen LogP contribution >= 0.6 is 0 Å². The quantitative estimate of drug-likeness (QED) is 0.835. The number of hydrogen-bond donors (Lipinski definition) is 1. The van der Waals surface area contributed by atoms with E-state index >= 15 is 0 Å². The maximum absolute atomic E-state index is 12.3. The molecular weight excluding hydrogens is 232 g/mol. The van der Waals surface area contributed by atoms with Crippen molar-refractivity contribution >= 4 is 12.0 Å². The minimum absolute atomic E-state index is 0.0292. The number of carbonyl (C=O) groups is 2. The highest BCUT2D eigenvalue weighted by molar-refractivity contribution is 5.77. The fourth-order valence-corrected chi connectivity index (χ4v) is 2.66. The Bertz CT molecular complexity index is 315. The van der Waals surface area contributed by atoms with Gasteiger partial charge in [-0.15, -0.1) is 0 Å². The minimum Gasteiger partial charge on any atom is -0.481 e. The van der Waals surface area contributed by atoms with E-state index in [2.05, 4.69) is 13.8 Å². The molecule has 18 heavy (non-hydrogen) atoms. The average molecular weight is 256 g/mol. The van der Waals surface area contributed by atoms with E-state index in [0.717, 1.165) is 12.8 Å². The van der Waals surface area contributed by atoms with Gasteiger partial charge in [0.2, 0.25) is 0 Å². The number of carbonyl (C=O) groups excluding carboxylic acids is 1. The molecule has 1 rings (SSSR count). The van der Waals surface area contributed by atoms with E-state index in [9.17, 15) is 9.59 Å². The van der Waals surface area contributed by atoms with Crippen LogP contribution in [0.2, 0.25) is 0 Å². The summed E-state index contributed by atoms with van der Waals surface area (Å²) in [4.78, 5) is 26.7. The van der Waals surface area contributed by atoms with Crippen molar-refractivity contribution in [2.45, 2.75) is 39.7 Å². The Balaban J connectivity index is 2.66. The van der Waals surface area contributed by atoms with Crippen LogP contribution in [0.3, 0.4) is 0 Å². The molecule has 2 amide bonds. The molecule has 0 unspecified atom stereocenters. The van der Waals surface area contributed by atoms with Crippen LogP contribution < -0.4 is 0 Å². The maximum atomic E-state index is 12.3. The summed E-state index contributed by atoms with van der Waals surface area (Å²) in [6.45, 7) is 6.89. The predicted octanol–water partition coefficient (Wildman–Crippen LogP) is 1.88. The number of carboxylic acid groups (broad SMARTS) is 1. The summed E-state index contributed by atoms with van der Waals surface area (Å²) in [6.07, 6.45) is 1.84. The number of aliphatic carboxylic acids is 1. The zero-order valence-corrected chi connectivity index (χ0v) is 11.7. The van der Waals surface area contributed by atoms with E-state index in [4.69, 9.17) is 5.11 Å². The van der Waals surface area contributed by atoms with Gasteiger partial charge in [0.05, 0.1) is 5.92 Å². The molecule has 5 heteroatoms. The first-order chi connectivity index (χ1) is 8.42. The average Bonchev–Trinajstić information content (AvgIpc) is 2.71. The molecule has 0 aliphatic carbocycles. The molecule has 1 N–H and O–H groups in total. The number of likely N-dealkylation sites (tertiary alicyclic amines) is 1. The van der Waals surface area contributed by atoms with Gasteiger partial charge in [0.15, 0.2) is 0 Å². The van der Waals surface area contributed by atoms with E-state index in [0.29, 0.717) is 13.1 Å². The third-order valence-electron chi connectivity index (χ3n) is 3.99. The number of rotatable bonds is 4. The Morgan fingerprint density at radius 3 is 2.28 bits per heavy atom. The molecule has 5 nitrogen and oxygen atoms in total. The van der Waals surface area contributed by atoms with Crippen LogP contribution in [0.15, 0.2) is 0 Å². The first-order valence-electron chi connectivity index (χ1n) is 6.66. The van der Waals surface area contributed by atoms with Crippen LogP contribution in [0.4, 0.5) is 4.79 Å². The third-order valence-corrected chi connectivity index (χ3v) is 3.99. The monoisotopic (exact) mass is 256 g/mol. The van der Waals surface area contributed by atoms with Crippen molar-refractivity contribution in [3.63, 3.8) is 0 Å². The number of amides is 2. The van der Waals surface area contributed by atoms with Gasteiger partial charge in [-0.2, -0.15) is 0 Å². The van der Waals surface area contributed by atoms with Gasteiger partial charge < -0.3 is 14.9 Å². The number of urea groups is 1. The molecule has 0 aromatic carbocycles. The van der Waals surface area contributed by atoms with Gasteiger partial charge in [0, 0.05) is 26.2 Å². The SMILES string of the molecule is CCC(CC)N(C)C(=O)N1C[C@@H](C)[C@H](C(=O)O)C1. The fourth-order valence-electron chi connectivity index (χ4n) is 2.66. The second kappa shape index (κ2) is 6.07. The van der Waals surface area contributed by atoms with Crippen molar-refractivity contribution in [1.82, 2.24) is 9.80 Å². The van der Waals surface area contributed by atoms with Gasteiger partial charge in [0.1, 0.15) is 0 Å². The van der Waals surface area contributed by atoms with Gasteiger partial charge in [-0.3, -0.25) is 4.79 Å². The van der Waals surface area contributed by atoms with Crippen molar-refractivity contribution in [3.8, 4) is 0 Å². The predicted molar refractivity (Wildman–Crippen MR) is 69.4 cm³/mol. The summed E-state index contributed by atoms with van der Waals surface area (Å²) in [5.41, 5.74) is 0. The van der Waals surface area contributed by atoms with Crippen molar-refractivity contribution in [1.29, 1.82) is 0 Å². The van der Waals surface area contributed by atoms with Crippen molar-refractivity contribution < 1.29 is 14.7 Å². The van der Waals surface area contributed by atoms with Gasteiger partial charge >= 0.3 is 12.0 Å². The second-order valence-corrected chi connectivity index (χ2v) is 5.19. The lowest BCUT2D eigenvalue weighted by atomic mass is 9.99. The Morgan fingerprint density at radius 2 is 1.89 bits per heavy atom. The highest BCUT2D eigenvalue weighted by atomic mass is 16.4. The molecule has 0 radical (unpaired) electrons. The summed E-state index contributed by atoms with van der Waals surface area (Å²) in [5.74, 6) is -1.20. The Morgan fingerprint density at radius 1 is 1.33 bits per heavy atom. The smallest absolute Gasteiger partial charge is 0.320 e. The van der Waals surface area contributed by atoms with Crippen LogP contribution in [0.5, 0.6) is 0 Å². The normalized spacial score (nSPS) is 23.5. The second-order valence-electron chi connectivity index (χ2n) is 5.19. The van der Waals surface area contributed by atoms with Crippen molar-refractivity contribution in [2.75, 3.05) is 20.1 Å². The first-order valence-corrected chi connectivity index (χ1v) is 6.66. The number of hydrogen-bond acceptors (Lipinski definition) is 2. The van der Waals surface area contributed by atoms with Gasteiger partial charge in [-0.25, -0.2) is 4.79 Å². The molecular formula is C13H24N2O3. The molecule has 1 aliphatic heterocycles. The molecule has 0 bridgehead atoms. The minimum atomic E-state index is -0.803. The zero-order chi connectivity index (χ0) is 13.9. The third kappa shape index (κ3) is 2.94. The highest BCUT2D eigenvalue weighted by Gasteiger charge is 2.38. The molecule has 1 fully saturated rings. The fraction of sp³-hybridized carbons (Fsp3) is 0.846. The standard InChI is InChI=1S/C13H24N2O3/c1-5-10(6-2)14(4)13(18)15-7-9(3)11(8-15)12(16)17/h9-11H,5-8H2,1-4H3,(H,16,17)/t9-,11-/m1/s1. The van der Waals surface area contributed by atoms with Crippen LogP contribution in [-0.4, -0.2) is 53.1 Å². The Kier molecular flexibility index (Phi) is 4.99. The van der Waals surface area contributed by atoms with Crippen LogP contribution in [0.1, 0.15) is 33.6 Å². The number of nitrogens with zero attached hydrogens (tertiary/aromatic N) is 2. The number of carboxylic acids is 1. The summed E-state index contributed by atoms with van der Waals surface area (Å²) >= 11 is 0. The van der Waals surface area contributed by atoms with E-state index in [-0.39, 0.29) is 18.0 Å². The molecule has 1 aliphatic rings. The largest absolute Gasteiger partial charge is 0.481 e. The molecule has 0 aromatic rings. The molecule has 0 spiro atoms. The van der Waals surface area contributed by atoms with Crippen molar-refractivity contribution in [3.05, 3.63) is 0 Å². The van der Waals surface area contributed by atoms with Gasteiger partial charge in [-0.1, -0.05) is 20.8 Å². The highest BCUT2D eigenvalue weighted by Crippen LogP contribution is 2.24. The van der Waals surface area contributed by atoms with Crippen LogP contribution in [0.25, 0.3) is 0 Å². The summed E-state index contributed by atoms with van der Waals surface area (Å²) in [6, 6.07) is 0.191. The van der Waals surface area contributed by atoms with E-state index in [1.54, 1.807) is 16.8 Å². The van der Waals surface area contributed by atoms with Crippen LogP contribution in [-0.2, 0) is 4.79 Å². The van der Waals surface area contributed by atoms with E-state index in [1.807, 2.05) is 6.92 Å². The van der Waals surface area contributed by atoms with E-state index < -0.39 is 11.9 Å². The van der Waals surface area contributed by atoms with Crippen molar-refractivity contribution in [2.24, 2.45) is 11.8 Å². The lowest BCUT2D eigenvalue weighted by Crippen LogP contribution is -2.45. The Labute approximate surface area is 109 Å². The molecule has 0 aromatic heterocycles. The van der Waals surface area contributed by atoms with Gasteiger partial charge in [0.25, 0.3) is 0 Å². The molecule has 2 atom stereocenters. The van der Waals surface area contributed by atoms with Gasteiger partial charge in [-0.05, 0) is 18.8 Å². The maximum Gasteiger partial charge on any atom is 0.320 e. The topological polar surface area (TPSA) is 60.9 Å². The van der Waals surface area contributed by atoms with Crippen LogP contribution in [0, 0.1) is 11.8 Å². The molecule has 0 saturated carbocycles. The molecule has 1 saturated heterocycles. The summed E-state index contributed by atoms with van der Waals surface area (Å²) in [5, 5.41) is 9.07. The molecule has 104 valence electrons. The lowest BCUT2D eigenvalue weighted by molar-refractivity contribution is -0.142. The molecule has 1 heterocycles. The summed E-state index contributed by atoms with van der Waals surface area (Å²) in [7, 11) is 1.80. The first kappa shape index (κ1) is 14.8. The lowest BCUT2D eigenvalue weighted by Gasteiger charge is -2.30.